The summed E-state index contributed by atoms with van der Waals surface area (Å²) in [5, 5.41) is 9.32. The van der Waals surface area contributed by atoms with E-state index in [1.165, 1.54) is 0 Å². The minimum absolute atomic E-state index is 0.0574. The molecule has 2 unspecified atom stereocenters. The molecule has 0 bridgehead atoms. The molecule has 2 rings (SSSR count). The van der Waals surface area contributed by atoms with E-state index < -0.39 is 0 Å². The quantitative estimate of drug-likeness (QED) is 0.861. The third-order valence-electron chi connectivity index (χ3n) is 2.91. The Hall–Kier alpha value is -1.91. The topological polar surface area (TPSA) is 68.4 Å². The smallest absolute Gasteiger partial charge is 0.139 e. The summed E-state index contributed by atoms with van der Waals surface area (Å²) >= 11 is 0. The summed E-state index contributed by atoms with van der Waals surface area (Å²) in [6, 6.07) is 11.0. The van der Waals surface area contributed by atoms with Crippen LogP contribution < -0.4 is 10.5 Å². The van der Waals surface area contributed by atoms with Gasteiger partial charge in [-0.05, 0) is 30.7 Å². The predicted octanol–water partition coefficient (Wildman–Crippen LogP) is 2.04. The van der Waals surface area contributed by atoms with Gasteiger partial charge in [-0.2, -0.15) is 0 Å². The maximum atomic E-state index is 9.32. The average Bonchev–Trinajstić information content (AvgIpc) is 2.45. The summed E-state index contributed by atoms with van der Waals surface area (Å²) in [6.45, 7) is 1.84. The number of benzene rings is 1. The Morgan fingerprint density at radius 1 is 1.21 bits per heavy atom. The molecule has 1 aromatic carbocycles. The Kier molecular flexibility index (Phi) is 4.49. The maximum absolute atomic E-state index is 9.32. The average molecular weight is 258 g/mol. The van der Waals surface area contributed by atoms with Gasteiger partial charge in [-0.3, -0.25) is 4.98 Å². The molecule has 0 aliphatic carbocycles. The van der Waals surface area contributed by atoms with E-state index in [-0.39, 0.29) is 18.8 Å². The second-order valence-corrected chi connectivity index (χ2v) is 4.44. The van der Waals surface area contributed by atoms with Crippen LogP contribution in [-0.2, 0) is 6.61 Å². The number of aromatic nitrogens is 1. The molecule has 0 aliphatic heterocycles. The molecule has 1 heterocycles. The number of para-hydroxylation sites is 1. The normalized spacial score (nSPS) is 13.8. The summed E-state index contributed by atoms with van der Waals surface area (Å²) < 4.78 is 5.97. The van der Waals surface area contributed by atoms with Crippen molar-refractivity contribution in [3.05, 3.63) is 59.9 Å². The lowest BCUT2D eigenvalue weighted by Gasteiger charge is -2.24. The van der Waals surface area contributed by atoms with Crippen LogP contribution in [0.3, 0.4) is 0 Å². The Bertz CT molecular complexity index is 515. The second kappa shape index (κ2) is 6.31. The van der Waals surface area contributed by atoms with Crippen molar-refractivity contribution >= 4 is 0 Å². The van der Waals surface area contributed by atoms with E-state index in [4.69, 9.17) is 10.5 Å². The van der Waals surface area contributed by atoms with Crippen LogP contribution in [0.15, 0.2) is 48.8 Å². The van der Waals surface area contributed by atoms with E-state index >= 15 is 0 Å². The molecule has 2 aromatic rings. The molecule has 4 nitrogen and oxygen atoms in total. The van der Waals surface area contributed by atoms with Crippen LogP contribution in [0.5, 0.6) is 5.75 Å². The number of hydrogen-bond acceptors (Lipinski definition) is 4. The van der Waals surface area contributed by atoms with Crippen molar-refractivity contribution in [3.63, 3.8) is 0 Å². The van der Waals surface area contributed by atoms with Crippen molar-refractivity contribution in [1.82, 2.24) is 4.98 Å². The minimum atomic E-state index is -0.268. The lowest BCUT2D eigenvalue weighted by Crippen LogP contribution is -2.29. The monoisotopic (exact) mass is 258 g/mol. The van der Waals surface area contributed by atoms with E-state index in [9.17, 15) is 5.11 Å². The van der Waals surface area contributed by atoms with Crippen LogP contribution >= 0.6 is 0 Å². The van der Waals surface area contributed by atoms with Crippen molar-refractivity contribution in [2.75, 3.05) is 0 Å². The Morgan fingerprint density at radius 3 is 2.53 bits per heavy atom. The summed E-state index contributed by atoms with van der Waals surface area (Å²) in [7, 11) is 0. The standard InChI is InChI=1S/C15H18N2O2/c1-11(16)15(12-6-8-17-9-7-12)19-14-5-3-2-4-13(14)10-18/h2-9,11,15,18H,10,16H2,1H3. The largest absolute Gasteiger partial charge is 0.484 e. The first-order valence-electron chi connectivity index (χ1n) is 6.23. The summed E-state index contributed by atoms with van der Waals surface area (Å²) in [6.07, 6.45) is 3.16. The number of nitrogens with two attached hydrogens (primary N) is 1. The van der Waals surface area contributed by atoms with Gasteiger partial charge in [0.25, 0.3) is 0 Å². The SMILES string of the molecule is CC(N)C(Oc1ccccc1CO)c1ccncc1. The highest BCUT2D eigenvalue weighted by Gasteiger charge is 2.19. The fraction of sp³-hybridized carbons (Fsp3) is 0.267. The van der Waals surface area contributed by atoms with E-state index in [0.717, 1.165) is 11.1 Å². The summed E-state index contributed by atoms with van der Waals surface area (Å²) in [4.78, 5) is 3.99. The van der Waals surface area contributed by atoms with Gasteiger partial charge >= 0.3 is 0 Å². The second-order valence-electron chi connectivity index (χ2n) is 4.44. The number of hydrogen-bond donors (Lipinski definition) is 2. The molecule has 19 heavy (non-hydrogen) atoms. The number of rotatable bonds is 5. The van der Waals surface area contributed by atoms with Crippen LogP contribution in [0.1, 0.15) is 24.2 Å². The summed E-state index contributed by atoms with van der Waals surface area (Å²) in [5.74, 6) is 0.657. The van der Waals surface area contributed by atoms with Crippen molar-refractivity contribution in [3.8, 4) is 5.75 Å². The predicted molar refractivity (Wildman–Crippen MR) is 73.6 cm³/mol. The van der Waals surface area contributed by atoms with Crippen molar-refractivity contribution in [1.29, 1.82) is 0 Å². The molecule has 0 spiro atoms. The van der Waals surface area contributed by atoms with Crippen LogP contribution in [0.4, 0.5) is 0 Å². The van der Waals surface area contributed by atoms with E-state index in [2.05, 4.69) is 4.98 Å². The van der Waals surface area contributed by atoms with Gasteiger partial charge in [-0.25, -0.2) is 0 Å². The first-order valence-corrected chi connectivity index (χ1v) is 6.23. The number of ether oxygens (including phenoxy) is 1. The zero-order valence-electron chi connectivity index (χ0n) is 10.9. The highest BCUT2D eigenvalue weighted by atomic mass is 16.5. The highest BCUT2D eigenvalue weighted by molar-refractivity contribution is 5.33. The molecule has 0 saturated carbocycles. The lowest BCUT2D eigenvalue weighted by molar-refractivity contribution is 0.173. The number of pyridine rings is 1. The van der Waals surface area contributed by atoms with Crippen molar-refractivity contribution < 1.29 is 9.84 Å². The third kappa shape index (κ3) is 3.30. The Morgan fingerprint density at radius 2 is 1.89 bits per heavy atom. The lowest BCUT2D eigenvalue weighted by atomic mass is 10.1. The molecular formula is C15H18N2O2. The van der Waals surface area contributed by atoms with Crippen LogP contribution in [-0.4, -0.2) is 16.1 Å². The van der Waals surface area contributed by atoms with Gasteiger partial charge in [0.1, 0.15) is 11.9 Å². The molecule has 0 fully saturated rings. The molecule has 0 radical (unpaired) electrons. The molecule has 0 amide bonds. The molecule has 100 valence electrons. The van der Waals surface area contributed by atoms with Crippen molar-refractivity contribution in [2.24, 2.45) is 5.73 Å². The Labute approximate surface area is 112 Å². The molecule has 4 heteroatoms. The number of aliphatic hydroxyl groups excluding tert-OH is 1. The van der Waals surface area contributed by atoms with Gasteiger partial charge in [0.2, 0.25) is 0 Å². The van der Waals surface area contributed by atoms with Gasteiger partial charge in [0.15, 0.2) is 0 Å². The van der Waals surface area contributed by atoms with Crippen LogP contribution in [0.2, 0.25) is 0 Å². The van der Waals surface area contributed by atoms with E-state index in [1.807, 2.05) is 43.3 Å². The minimum Gasteiger partial charge on any atom is -0.484 e. The van der Waals surface area contributed by atoms with Crippen LogP contribution in [0.25, 0.3) is 0 Å². The highest BCUT2D eigenvalue weighted by Crippen LogP contribution is 2.26. The van der Waals surface area contributed by atoms with E-state index in [0.29, 0.717) is 5.75 Å². The van der Waals surface area contributed by atoms with E-state index in [1.54, 1.807) is 12.4 Å². The Balaban J connectivity index is 2.27. The van der Waals surface area contributed by atoms with Crippen LogP contribution in [0, 0.1) is 0 Å². The van der Waals surface area contributed by atoms with Gasteiger partial charge in [0.05, 0.1) is 6.61 Å². The zero-order chi connectivity index (χ0) is 13.7. The number of aliphatic hydroxyl groups is 1. The summed E-state index contributed by atoms with van der Waals surface area (Å²) in [5.41, 5.74) is 7.72. The molecular weight excluding hydrogens is 240 g/mol. The number of nitrogens with zero attached hydrogens (tertiary/aromatic N) is 1. The fourth-order valence-electron chi connectivity index (χ4n) is 1.92. The molecule has 3 N–H and O–H groups in total. The van der Waals surface area contributed by atoms with Gasteiger partial charge < -0.3 is 15.6 Å². The fourth-order valence-corrected chi connectivity index (χ4v) is 1.92. The first-order chi connectivity index (χ1) is 9.22. The van der Waals surface area contributed by atoms with Crippen molar-refractivity contribution in [2.45, 2.75) is 25.7 Å². The first kappa shape index (κ1) is 13.5. The zero-order valence-corrected chi connectivity index (χ0v) is 10.9. The molecule has 2 atom stereocenters. The molecule has 0 saturated heterocycles. The van der Waals surface area contributed by atoms with Gasteiger partial charge in [-0.15, -0.1) is 0 Å². The van der Waals surface area contributed by atoms with Gasteiger partial charge in [-0.1, -0.05) is 18.2 Å². The van der Waals surface area contributed by atoms with Gasteiger partial charge in [0, 0.05) is 24.0 Å². The molecule has 1 aromatic heterocycles. The maximum Gasteiger partial charge on any atom is 0.139 e. The molecule has 0 aliphatic rings. The third-order valence-corrected chi connectivity index (χ3v) is 2.91.